The van der Waals surface area contributed by atoms with Crippen molar-refractivity contribution in [1.82, 2.24) is 0 Å². The number of hydrogen-bond donors (Lipinski definition) is 2. The van der Waals surface area contributed by atoms with Gasteiger partial charge in [-0.2, -0.15) is 0 Å². The molecule has 0 fully saturated rings. The van der Waals surface area contributed by atoms with Crippen LogP contribution in [0.15, 0.2) is 182 Å². The van der Waals surface area contributed by atoms with Crippen LogP contribution in [-0.2, 0) is 5.41 Å². The van der Waals surface area contributed by atoms with Crippen molar-refractivity contribution in [2.24, 2.45) is 11.5 Å². The highest BCUT2D eigenvalue weighted by Crippen LogP contribution is 2.62. The van der Waals surface area contributed by atoms with Gasteiger partial charge in [0.2, 0.25) is 0 Å². The topological polar surface area (TPSA) is 52.0 Å². The fourth-order valence-corrected chi connectivity index (χ4v) is 8.80. The van der Waals surface area contributed by atoms with Gasteiger partial charge in [-0.15, -0.1) is 0 Å². The van der Waals surface area contributed by atoms with Gasteiger partial charge >= 0.3 is 0 Å². The Hall–Kier alpha value is -6.22. The van der Waals surface area contributed by atoms with Crippen LogP contribution in [-0.4, -0.2) is 7.05 Å². The Balaban J connectivity index is 0.00000171. The van der Waals surface area contributed by atoms with Gasteiger partial charge in [0.05, 0.1) is 5.41 Å². The molecule has 0 saturated heterocycles. The Kier molecular flexibility index (Phi) is 7.42. The smallest absolute Gasteiger partial charge is 0.0725 e. The second-order valence-corrected chi connectivity index (χ2v) is 13.4. The summed E-state index contributed by atoms with van der Waals surface area (Å²) in [5.41, 5.74) is 25.7. The molecule has 0 aliphatic heterocycles. The van der Waals surface area contributed by atoms with Gasteiger partial charge in [-0.1, -0.05) is 170 Å². The first-order valence-electron chi connectivity index (χ1n) is 17.7. The van der Waals surface area contributed by atoms with Crippen LogP contribution in [0.1, 0.15) is 44.9 Å². The summed E-state index contributed by atoms with van der Waals surface area (Å²) < 4.78 is 0. The van der Waals surface area contributed by atoms with Crippen molar-refractivity contribution < 1.29 is 0 Å². The molecule has 4 N–H and O–H groups in total. The van der Waals surface area contributed by atoms with Gasteiger partial charge in [-0.3, -0.25) is 0 Å². The van der Waals surface area contributed by atoms with E-state index < -0.39 is 0 Å². The van der Waals surface area contributed by atoms with Crippen LogP contribution in [0, 0.1) is 0 Å². The first-order valence-corrected chi connectivity index (χ1v) is 17.7. The van der Waals surface area contributed by atoms with Crippen LogP contribution < -0.4 is 11.5 Å². The maximum Gasteiger partial charge on any atom is 0.0725 e. The minimum absolute atomic E-state index is 0.0385. The molecule has 2 heteroatoms. The van der Waals surface area contributed by atoms with Crippen molar-refractivity contribution >= 4 is 27.2 Å². The molecule has 51 heavy (non-hydrogen) atoms. The number of rotatable bonds is 5. The lowest BCUT2D eigenvalue weighted by Crippen LogP contribution is -2.26. The number of nitrogens with two attached hydrogens (primary N) is 2. The molecule has 8 aromatic rings. The summed E-state index contributed by atoms with van der Waals surface area (Å²) in [5, 5.41) is 5.41. The van der Waals surface area contributed by atoms with Crippen molar-refractivity contribution in [1.29, 1.82) is 0 Å². The molecular formula is C49H38N2. The predicted molar refractivity (Wildman–Crippen MR) is 215 cm³/mol. The van der Waals surface area contributed by atoms with Crippen molar-refractivity contribution in [3.8, 4) is 22.3 Å². The molecule has 1 unspecified atom stereocenters. The van der Waals surface area contributed by atoms with Crippen LogP contribution in [0.2, 0.25) is 0 Å². The highest BCUT2D eigenvalue weighted by atomic mass is 14.6. The minimum Gasteiger partial charge on any atom is -0.398 e. The van der Waals surface area contributed by atoms with E-state index in [1.165, 1.54) is 84.2 Å². The van der Waals surface area contributed by atoms with Crippen LogP contribution in [0.25, 0.3) is 49.5 Å². The number of benzene rings is 8. The van der Waals surface area contributed by atoms with Crippen LogP contribution in [0.5, 0.6) is 0 Å². The molecule has 0 radical (unpaired) electrons. The molecule has 0 aromatic heterocycles. The SMILES string of the molecule is CN.N/C(=C\C(c1ccccc1)c1ccc(-c2ccc3c(c2)-c2ccccc2C32c3cccc4ccc5cccc2c5c34)cc1)c1ccccc1. The van der Waals surface area contributed by atoms with E-state index in [2.05, 4.69) is 170 Å². The summed E-state index contributed by atoms with van der Waals surface area (Å²) in [5.74, 6) is 0.0385. The minimum atomic E-state index is -0.328. The molecule has 0 amide bonds. The molecule has 0 saturated carbocycles. The second-order valence-electron chi connectivity index (χ2n) is 13.4. The lowest BCUT2D eigenvalue weighted by Gasteiger charge is -2.30. The Bertz CT molecular complexity index is 2540. The number of allylic oxidation sites excluding steroid dienone is 1. The fraction of sp³-hybridized carbons (Fsp3) is 0.0612. The average molecular weight is 655 g/mol. The standard InChI is InChI=1S/C48H33N.CH5N/c49-45(34-13-5-2-6-14-34)30-39(32-11-3-1-4-12-32)33-23-21-31(22-24-33)37-27-28-42-40(29-37)38-17-7-8-18-41(38)48(42)43-19-9-15-35-25-26-36-16-10-20-44(48)47(36)46(35)43;1-2/h1-30,39H,49H2;2H2,1H3/b45-30-;. The first kappa shape index (κ1) is 30.8. The Morgan fingerprint density at radius 1 is 0.471 bits per heavy atom. The maximum atomic E-state index is 6.67. The van der Waals surface area contributed by atoms with Gasteiger partial charge in [0.1, 0.15) is 0 Å². The van der Waals surface area contributed by atoms with E-state index >= 15 is 0 Å². The average Bonchev–Trinajstić information content (AvgIpc) is 3.68. The van der Waals surface area contributed by atoms with Crippen molar-refractivity contribution in [2.75, 3.05) is 7.05 Å². The Morgan fingerprint density at radius 2 is 1.00 bits per heavy atom. The van der Waals surface area contributed by atoms with E-state index in [1.807, 2.05) is 18.2 Å². The molecule has 10 rings (SSSR count). The molecule has 2 aliphatic carbocycles. The van der Waals surface area contributed by atoms with E-state index in [4.69, 9.17) is 5.73 Å². The second kappa shape index (κ2) is 12.3. The zero-order valence-corrected chi connectivity index (χ0v) is 28.6. The van der Waals surface area contributed by atoms with Gasteiger partial charge in [0.15, 0.2) is 0 Å². The molecule has 1 atom stereocenters. The third kappa shape index (κ3) is 4.61. The van der Waals surface area contributed by atoms with E-state index in [0.29, 0.717) is 0 Å². The van der Waals surface area contributed by atoms with E-state index in [1.54, 1.807) is 0 Å². The van der Waals surface area contributed by atoms with E-state index in [9.17, 15) is 0 Å². The van der Waals surface area contributed by atoms with Gasteiger partial charge < -0.3 is 11.5 Å². The highest BCUT2D eigenvalue weighted by Gasteiger charge is 2.50. The quantitative estimate of drug-likeness (QED) is 0.181. The van der Waals surface area contributed by atoms with Gasteiger partial charge in [-0.05, 0) is 102 Å². The van der Waals surface area contributed by atoms with E-state index in [-0.39, 0.29) is 11.3 Å². The van der Waals surface area contributed by atoms with Gasteiger partial charge in [-0.25, -0.2) is 0 Å². The molecule has 1 spiro atoms. The maximum absolute atomic E-state index is 6.67. The largest absolute Gasteiger partial charge is 0.398 e. The fourth-order valence-electron chi connectivity index (χ4n) is 8.80. The third-order valence-corrected chi connectivity index (χ3v) is 11.0. The van der Waals surface area contributed by atoms with Crippen LogP contribution in [0.4, 0.5) is 0 Å². The highest BCUT2D eigenvalue weighted by molar-refractivity contribution is 6.17. The van der Waals surface area contributed by atoms with Gasteiger partial charge in [0, 0.05) is 11.6 Å². The Morgan fingerprint density at radius 3 is 1.67 bits per heavy atom. The number of hydrogen-bond acceptors (Lipinski definition) is 2. The Labute approximate surface area is 299 Å². The van der Waals surface area contributed by atoms with Crippen LogP contribution in [0.3, 0.4) is 0 Å². The third-order valence-electron chi connectivity index (χ3n) is 11.0. The summed E-state index contributed by atoms with van der Waals surface area (Å²) in [7, 11) is 1.50. The summed E-state index contributed by atoms with van der Waals surface area (Å²) in [6.45, 7) is 0. The van der Waals surface area contributed by atoms with Crippen molar-refractivity contribution in [3.63, 3.8) is 0 Å². The summed E-state index contributed by atoms with van der Waals surface area (Å²) >= 11 is 0. The molecular weight excluding hydrogens is 617 g/mol. The lowest BCUT2D eigenvalue weighted by atomic mass is 9.70. The molecule has 0 heterocycles. The van der Waals surface area contributed by atoms with E-state index in [0.717, 1.165) is 11.3 Å². The number of fused-ring (bicyclic) bond motifs is 7. The summed E-state index contributed by atoms with van der Waals surface area (Å²) in [6, 6.07) is 64.4. The van der Waals surface area contributed by atoms with Gasteiger partial charge in [0.25, 0.3) is 0 Å². The zero-order valence-electron chi connectivity index (χ0n) is 28.6. The normalized spacial score (nSPS) is 14.0. The predicted octanol–water partition coefficient (Wildman–Crippen LogP) is 11.0. The monoisotopic (exact) mass is 654 g/mol. The molecule has 0 bridgehead atoms. The molecule has 244 valence electrons. The molecule has 2 aliphatic rings. The summed E-state index contributed by atoms with van der Waals surface area (Å²) in [4.78, 5) is 0. The molecule has 8 aromatic carbocycles. The molecule has 2 nitrogen and oxygen atoms in total. The summed E-state index contributed by atoms with van der Waals surface area (Å²) in [6.07, 6.45) is 2.19. The first-order chi connectivity index (χ1) is 25.2. The zero-order chi connectivity index (χ0) is 34.5. The van der Waals surface area contributed by atoms with Crippen LogP contribution >= 0.6 is 0 Å². The van der Waals surface area contributed by atoms with Crippen molar-refractivity contribution in [2.45, 2.75) is 11.3 Å². The van der Waals surface area contributed by atoms with Crippen molar-refractivity contribution in [3.05, 3.63) is 221 Å². The lowest BCUT2D eigenvalue weighted by molar-refractivity contribution is 0.797.